The molecule has 0 aromatic rings. The summed E-state index contributed by atoms with van der Waals surface area (Å²) in [6.07, 6.45) is -5.90. The van der Waals surface area contributed by atoms with E-state index in [4.69, 9.17) is 15.3 Å². The van der Waals surface area contributed by atoms with Crippen LogP contribution in [-0.2, 0) is 19.3 Å². The predicted molar refractivity (Wildman–Crippen MR) is 38.5 cm³/mol. The van der Waals surface area contributed by atoms with E-state index in [1.807, 2.05) is 0 Å². The second-order valence-electron chi connectivity index (χ2n) is 2.74. The number of ether oxygens (including phenoxy) is 1. The summed E-state index contributed by atoms with van der Waals surface area (Å²) >= 11 is 0. The SMILES string of the molecule is O=S(=O)([O-])OC[C@H]1OC(O)[C@@H](O)[C@@H]1O.[Na+]. The molecule has 8 nitrogen and oxygen atoms in total. The first kappa shape index (κ1) is 15.7. The van der Waals surface area contributed by atoms with Gasteiger partial charge >= 0.3 is 29.6 Å². The van der Waals surface area contributed by atoms with E-state index in [1.54, 1.807) is 0 Å². The van der Waals surface area contributed by atoms with Crippen molar-refractivity contribution in [2.24, 2.45) is 0 Å². The minimum absolute atomic E-state index is 0. The molecule has 3 N–H and O–H groups in total. The van der Waals surface area contributed by atoms with E-state index in [9.17, 15) is 13.0 Å². The molecule has 84 valence electrons. The fourth-order valence-corrected chi connectivity index (χ4v) is 1.32. The van der Waals surface area contributed by atoms with Gasteiger partial charge in [0.2, 0.25) is 10.4 Å². The van der Waals surface area contributed by atoms with Gasteiger partial charge in [-0.2, -0.15) is 0 Å². The van der Waals surface area contributed by atoms with Crippen LogP contribution in [0.5, 0.6) is 0 Å². The Labute approximate surface area is 108 Å². The molecule has 1 rings (SSSR count). The summed E-state index contributed by atoms with van der Waals surface area (Å²) in [5.41, 5.74) is 0. The standard InChI is InChI=1S/C5H10O8S.Na/c6-3-2(1-12-14(9,10)11)13-5(8)4(3)7;/h2-8H,1H2,(H,9,10,11);/q;+1/p-1/t2-,3-,4+,5?;/m1./s1. The van der Waals surface area contributed by atoms with E-state index in [2.05, 4.69) is 8.92 Å². The van der Waals surface area contributed by atoms with E-state index in [-0.39, 0.29) is 29.6 Å². The van der Waals surface area contributed by atoms with E-state index in [0.717, 1.165) is 0 Å². The normalized spacial score (nSPS) is 36.3. The van der Waals surface area contributed by atoms with Gasteiger partial charge < -0.3 is 24.6 Å². The molecule has 1 unspecified atom stereocenters. The smallest absolute Gasteiger partial charge is 0.726 e. The Morgan fingerprint density at radius 1 is 1.27 bits per heavy atom. The van der Waals surface area contributed by atoms with Crippen molar-refractivity contribution in [3.05, 3.63) is 0 Å². The molecule has 0 aromatic heterocycles. The molecule has 0 aliphatic carbocycles. The second kappa shape index (κ2) is 5.87. The first-order chi connectivity index (χ1) is 6.31. The Morgan fingerprint density at radius 3 is 2.13 bits per heavy atom. The molecule has 0 saturated carbocycles. The van der Waals surface area contributed by atoms with E-state index < -0.39 is 41.6 Å². The monoisotopic (exact) mass is 252 g/mol. The van der Waals surface area contributed by atoms with Crippen LogP contribution in [0, 0.1) is 0 Å². The third-order valence-electron chi connectivity index (χ3n) is 1.71. The summed E-state index contributed by atoms with van der Waals surface area (Å²) in [4.78, 5) is 0. The second-order valence-corrected chi connectivity index (χ2v) is 3.79. The van der Waals surface area contributed by atoms with Crippen LogP contribution < -0.4 is 29.6 Å². The van der Waals surface area contributed by atoms with E-state index in [1.165, 1.54) is 0 Å². The minimum Gasteiger partial charge on any atom is -0.726 e. The number of hydrogen-bond acceptors (Lipinski definition) is 8. The van der Waals surface area contributed by atoms with Gasteiger partial charge in [-0.25, -0.2) is 8.42 Å². The van der Waals surface area contributed by atoms with Crippen molar-refractivity contribution in [3.63, 3.8) is 0 Å². The predicted octanol–water partition coefficient (Wildman–Crippen LogP) is -6.09. The molecular weight excluding hydrogens is 243 g/mol. The summed E-state index contributed by atoms with van der Waals surface area (Å²) in [6.45, 7) is -0.749. The Balaban J connectivity index is 0.00000196. The van der Waals surface area contributed by atoms with Crippen molar-refractivity contribution in [3.8, 4) is 0 Å². The maximum absolute atomic E-state index is 10.0. The first-order valence-corrected chi connectivity index (χ1v) is 4.94. The van der Waals surface area contributed by atoms with Crippen molar-refractivity contribution in [1.82, 2.24) is 0 Å². The number of rotatable bonds is 3. The van der Waals surface area contributed by atoms with Gasteiger partial charge in [-0.3, -0.25) is 4.18 Å². The van der Waals surface area contributed by atoms with Crippen LogP contribution in [-0.4, -0.2) is 59.5 Å². The number of hydrogen-bond donors (Lipinski definition) is 3. The molecule has 0 radical (unpaired) electrons. The van der Waals surface area contributed by atoms with Crippen molar-refractivity contribution < 1.29 is 66.8 Å². The van der Waals surface area contributed by atoms with Gasteiger partial charge in [0.05, 0.1) is 6.61 Å². The van der Waals surface area contributed by atoms with Crippen LogP contribution in [0.2, 0.25) is 0 Å². The average molecular weight is 252 g/mol. The van der Waals surface area contributed by atoms with Gasteiger partial charge in [-0.15, -0.1) is 0 Å². The molecule has 1 aliphatic heterocycles. The van der Waals surface area contributed by atoms with Gasteiger partial charge in [0.1, 0.15) is 18.3 Å². The van der Waals surface area contributed by atoms with Gasteiger partial charge in [-0.1, -0.05) is 0 Å². The molecule has 1 saturated heterocycles. The molecule has 1 heterocycles. The molecule has 0 spiro atoms. The fraction of sp³-hybridized carbons (Fsp3) is 1.00. The topological polar surface area (TPSA) is 136 Å². The first-order valence-electron chi connectivity index (χ1n) is 3.61. The van der Waals surface area contributed by atoms with Crippen molar-refractivity contribution >= 4 is 10.4 Å². The van der Waals surface area contributed by atoms with Gasteiger partial charge in [0, 0.05) is 0 Å². The Bertz CT molecular complexity index is 291. The molecular formula is C5H9NaO8S. The zero-order chi connectivity index (χ0) is 10.9. The quantitative estimate of drug-likeness (QED) is 0.256. The van der Waals surface area contributed by atoms with Crippen molar-refractivity contribution in [1.29, 1.82) is 0 Å². The fourth-order valence-electron chi connectivity index (χ4n) is 1.02. The van der Waals surface area contributed by atoms with Crippen LogP contribution >= 0.6 is 0 Å². The van der Waals surface area contributed by atoms with Gasteiger partial charge in [0.15, 0.2) is 6.29 Å². The summed E-state index contributed by atoms with van der Waals surface area (Å²) in [6, 6.07) is 0. The Kier molecular flexibility index (Phi) is 6.14. The Hall–Kier alpha value is 0.710. The number of aliphatic hydroxyl groups is 3. The zero-order valence-corrected chi connectivity index (χ0v) is 10.6. The van der Waals surface area contributed by atoms with Crippen molar-refractivity contribution in [2.45, 2.75) is 24.6 Å². The van der Waals surface area contributed by atoms with E-state index >= 15 is 0 Å². The summed E-state index contributed by atoms with van der Waals surface area (Å²) in [7, 11) is -4.87. The summed E-state index contributed by atoms with van der Waals surface area (Å²) in [5.74, 6) is 0. The Morgan fingerprint density at radius 2 is 1.80 bits per heavy atom. The summed E-state index contributed by atoms with van der Waals surface area (Å²) < 4.78 is 38.4. The van der Waals surface area contributed by atoms with Crippen molar-refractivity contribution in [2.75, 3.05) is 6.61 Å². The molecule has 10 heteroatoms. The molecule has 0 bridgehead atoms. The average Bonchev–Trinajstić information content (AvgIpc) is 2.28. The molecule has 4 atom stereocenters. The maximum atomic E-state index is 10.0. The van der Waals surface area contributed by atoms with Crippen LogP contribution in [0.4, 0.5) is 0 Å². The largest absolute Gasteiger partial charge is 1.00 e. The summed E-state index contributed by atoms with van der Waals surface area (Å²) in [5, 5.41) is 26.9. The molecule has 1 aliphatic rings. The minimum atomic E-state index is -4.87. The maximum Gasteiger partial charge on any atom is 1.00 e. The molecule has 1 fully saturated rings. The van der Waals surface area contributed by atoms with Crippen LogP contribution in [0.3, 0.4) is 0 Å². The third-order valence-corrected chi connectivity index (χ3v) is 2.14. The van der Waals surface area contributed by atoms with Crippen LogP contribution in [0.25, 0.3) is 0 Å². The molecule has 0 aromatic carbocycles. The zero-order valence-electron chi connectivity index (χ0n) is 7.81. The third kappa shape index (κ3) is 4.61. The molecule has 0 amide bonds. The van der Waals surface area contributed by atoms with Gasteiger partial charge in [-0.05, 0) is 0 Å². The van der Waals surface area contributed by atoms with Gasteiger partial charge in [0.25, 0.3) is 0 Å². The number of aliphatic hydroxyl groups excluding tert-OH is 3. The molecule has 15 heavy (non-hydrogen) atoms. The van der Waals surface area contributed by atoms with E-state index in [0.29, 0.717) is 0 Å². The van der Waals surface area contributed by atoms with Crippen LogP contribution in [0.15, 0.2) is 0 Å². The van der Waals surface area contributed by atoms with Crippen LogP contribution in [0.1, 0.15) is 0 Å².